The molecule has 0 aliphatic rings. The first-order valence-electron chi connectivity index (χ1n) is 7.63. The molecular weight excluding hydrogens is 292 g/mol. The normalized spacial score (nSPS) is 14.7. The summed E-state index contributed by atoms with van der Waals surface area (Å²) in [6, 6.07) is 11.1. The molecule has 1 aromatic heterocycles. The largest absolute Gasteiger partial charge is 0.491 e. The van der Waals surface area contributed by atoms with Gasteiger partial charge >= 0.3 is 0 Å². The smallest absolute Gasteiger partial charge is 0.119 e. The quantitative estimate of drug-likeness (QED) is 0.775. The second-order valence-corrected chi connectivity index (χ2v) is 5.52. The van der Waals surface area contributed by atoms with Gasteiger partial charge in [-0.25, -0.2) is 0 Å². The molecule has 1 aromatic carbocycles. The molecule has 6 heteroatoms. The van der Waals surface area contributed by atoms with Crippen molar-refractivity contribution >= 4 is 0 Å². The van der Waals surface area contributed by atoms with Crippen LogP contribution in [0.25, 0.3) is 0 Å². The molecule has 0 unspecified atom stereocenters. The molecule has 0 bridgehead atoms. The number of aliphatic hydroxyl groups is 1. The molecule has 122 valence electrons. The Hall–Kier alpha value is -2.36. The van der Waals surface area contributed by atoms with Crippen LogP contribution in [0.15, 0.2) is 42.7 Å². The third-order valence-electron chi connectivity index (χ3n) is 3.77. The molecular formula is C17H22N4O2. The zero-order chi connectivity index (χ0) is 16.7. The second kappa shape index (κ2) is 8.32. The van der Waals surface area contributed by atoms with Crippen LogP contribution >= 0.6 is 0 Å². The number of hydrogen-bond donors (Lipinski definition) is 2. The van der Waals surface area contributed by atoms with E-state index in [2.05, 4.69) is 30.3 Å². The lowest BCUT2D eigenvalue weighted by Gasteiger charge is -2.23. The van der Waals surface area contributed by atoms with Gasteiger partial charge in [-0.15, -0.1) is 0 Å². The minimum absolute atomic E-state index is 0.166. The van der Waals surface area contributed by atoms with E-state index >= 15 is 0 Å². The minimum Gasteiger partial charge on any atom is -0.491 e. The van der Waals surface area contributed by atoms with Crippen molar-refractivity contribution in [3.05, 3.63) is 48.3 Å². The number of ether oxygens (including phenoxy) is 1. The van der Waals surface area contributed by atoms with Crippen molar-refractivity contribution in [1.82, 2.24) is 15.1 Å². The van der Waals surface area contributed by atoms with E-state index in [1.54, 1.807) is 30.5 Å². The van der Waals surface area contributed by atoms with Gasteiger partial charge < -0.3 is 15.2 Å². The predicted octanol–water partition coefficient (Wildman–Crippen LogP) is 1.73. The second-order valence-electron chi connectivity index (χ2n) is 5.52. The first-order valence-corrected chi connectivity index (χ1v) is 7.63. The Kier molecular flexibility index (Phi) is 6.15. The highest BCUT2D eigenvalue weighted by molar-refractivity contribution is 5.34. The van der Waals surface area contributed by atoms with Gasteiger partial charge in [0.05, 0.1) is 17.7 Å². The summed E-state index contributed by atoms with van der Waals surface area (Å²) in [6.07, 6.45) is 3.06. The number of aliphatic hydroxyl groups excluding tert-OH is 1. The van der Waals surface area contributed by atoms with Crippen LogP contribution in [0.4, 0.5) is 0 Å². The minimum atomic E-state index is -0.613. The average Bonchev–Trinajstić information content (AvgIpc) is 3.12. The first kappa shape index (κ1) is 17.0. The van der Waals surface area contributed by atoms with Crippen molar-refractivity contribution in [2.45, 2.75) is 32.0 Å². The van der Waals surface area contributed by atoms with Gasteiger partial charge in [0.25, 0.3) is 0 Å². The zero-order valence-corrected chi connectivity index (χ0v) is 13.4. The molecule has 23 heavy (non-hydrogen) atoms. The highest BCUT2D eigenvalue weighted by atomic mass is 16.5. The Bertz CT molecular complexity index is 619. The summed E-state index contributed by atoms with van der Waals surface area (Å²) in [5.41, 5.74) is 0.584. The predicted molar refractivity (Wildman–Crippen MR) is 87.1 cm³/mol. The molecule has 3 atom stereocenters. The maximum atomic E-state index is 10.0. The molecule has 0 aliphatic carbocycles. The Morgan fingerprint density at radius 1 is 1.35 bits per heavy atom. The maximum Gasteiger partial charge on any atom is 0.119 e. The molecule has 0 spiro atoms. The highest BCUT2D eigenvalue weighted by Gasteiger charge is 2.15. The van der Waals surface area contributed by atoms with Crippen molar-refractivity contribution < 1.29 is 9.84 Å². The lowest BCUT2D eigenvalue weighted by molar-refractivity contribution is 0.102. The lowest BCUT2D eigenvalue weighted by Crippen LogP contribution is -2.40. The van der Waals surface area contributed by atoms with Crippen LogP contribution in [0.1, 0.15) is 25.5 Å². The van der Waals surface area contributed by atoms with E-state index in [0.717, 1.165) is 0 Å². The Labute approximate surface area is 136 Å². The van der Waals surface area contributed by atoms with Crippen LogP contribution in [0.5, 0.6) is 5.75 Å². The summed E-state index contributed by atoms with van der Waals surface area (Å²) < 4.78 is 7.40. The van der Waals surface area contributed by atoms with Crippen LogP contribution < -0.4 is 10.1 Å². The summed E-state index contributed by atoms with van der Waals surface area (Å²) in [5.74, 6) is 0.640. The van der Waals surface area contributed by atoms with Gasteiger partial charge in [-0.2, -0.15) is 10.4 Å². The van der Waals surface area contributed by atoms with E-state index in [9.17, 15) is 5.11 Å². The van der Waals surface area contributed by atoms with E-state index in [4.69, 9.17) is 10.00 Å². The van der Waals surface area contributed by atoms with Crippen molar-refractivity contribution in [3.8, 4) is 11.8 Å². The number of nitrogens with one attached hydrogen (secondary N) is 1. The van der Waals surface area contributed by atoms with Gasteiger partial charge in [-0.1, -0.05) is 0 Å². The summed E-state index contributed by atoms with van der Waals surface area (Å²) in [7, 11) is 0. The maximum absolute atomic E-state index is 10.0. The van der Waals surface area contributed by atoms with Gasteiger partial charge in [0.1, 0.15) is 18.5 Å². The van der Waals surface area contributed by atoms with Crippen LogP contribution in [0.2, 0.25) is 0 Å². The van der Waals surface area contributed by atoms with E-state index in [1.165, 1.54) is 0 Å². The summed E-state index contributed by atoms with van der Waals surface area (Å²) in [6.45, 7) is 4.76. The number of aromatic nitrogens is 2. The molecule has 6 nitrogen and oxygen atoms in total. The van der Waals surface area contributed by atoms with E-state index in [-0.39, 0.29) is 18.7 Å². The van der Waals surface area contributed by atoms with Gasteiger partial charge in [0, 0.05) is 25.0 Å². The van der Waals surface area contributed by atoms with Crippen molar-refractivity contribution in [2.24, 2.45) is 0 Å². The van der Waals surface area contributed by atoms with Crippen LogP contribution in [0.3, 0.4) is 0 Å². The molecule has 0 radical (unpaired) electrons. The lowest BCUT2D eigenvalue weighted by atomic mass is 10.1. The zero-order valence-electron chi connectivity index (χ0n) is 13.4. The van der Waals surface area contributed by atoms with Crippen LogP contribution in [0, 0.1) is 11.3 Å². The number of rotatable bonds is 8. The number of nitriles is 1. The number of hydrogen-bond acceptors (Lipinski definition) is 5. The fraction of sp³-hybridized carbons (Fsp3) is 0.412. The summed E-state index contributed by atoms with van der Waals surface area (Å²) in [4.78, 5) is 0. The molecule has 0 aliphatic heterocycles. The van der Waals surface area contributed by atoms with Gasteiger partial charge in [0.2, 0.25) is 0 Å². The summed E-state index contributed by atoms with van der Waals surface area (Å²) in [5, 5.41) is 26.3. The van der Waals surface area contributed by atoms with Gasteiger partial charge in [-0.05, 0) is 44.2 Å². The van der Waals surface area contributed by atoms with Crippen molar-refractivity contribution in [2.75, 3.05) is 13.2 Å². The van der Waals surface area contributed by atoms with E-state index < -0.39 is 6.10 Å². The molecule has 2 rings (SSSR count). The van der Waals surface area contributed by atoms with Crippen molar-refractivity contribution in [3.63, 3.8) is 0 Å². The standard InChI is InChI=1S/C17H22N4O2/c1-13(14(2)21-9-3-8-20-21)19-11-16(22)12-23-17-6-4-15(10-18)5-7-17/h3-9,13-14,16,19,22H,11-12H2,1-2H3/t13-,14-,16-/m0/s1. The third kappa shape index (κ3) is 5.09. The fourth-order valence-electron chi connectivity index (χ4n) is 2.12. The van der Waals surface area contributed by atoms with Gasteiger partial charge in [0.15, 0.2) is 0 Å². The van der Waals surface area contributed by atoms with Gasteiger partial charge in [-0.3, -0.25) is 4.68 Å². The SMILES string of the molecule is C[C@H](NC[C@H](O)COc1ccc(C#N)cc1)[C@H](C)n1cccn1. The Morgan fingerprint density at radius 2 is 2.09 bits per heavy atom. The molecule has 0 fully saturated rings. The average molecular weight is 314 g/mol. The molecule has 0 saturated carbocycles. The fourth-order valence-corrected chi connectivity index (χ4v) is 2.12. The van der Waals surface area contributed by atoms with E-state index in [1.807, 2.05) is 16.9 Å². The topological polar surface area (TPSA) is 83.1 Å². The molecule has 2 aromatic rings. The Balaban J connectivity index is 1.72. The highest BCUT2D eigenvalue weighted by Crippen LogP contribution is 2.12. The number of benzene rings is 1. The molecule has 1 heterocycles. The van der Waals surface area contributed by atoms with Crippen molar-refractivity contribution in [1.29, 1.82) is 5.26 Å². The van der Waals surface area contributed by atoms with E-state index in [0.29, 0.717) is 17.9 Å². The van der Waals surface area contributed by atoms with Crippen LogP contribution in [-0.2, 0) is 0 Å². The first-order chi connectivity index (χ1) is 11.1. The molecule has 0 saturated heterocycles. The summed E-state index contributed by atoms with van der Waals surface area (Å²) >= 11 is 0. The monoisotopic (exact) mass is 314 g/mol. The third-order valence-corrected chi connectivity index (χ3v) is 3.77. The molecule has 2 N–H and O–H groups in total. The Morgan fingerprint density at radius 3 is 2.70 bits per heavy atom. The molecule has 0 amide bonds. The van der Waals surface area contributed by atoms with Crippen LogP contribution in [-0.4, -0.2) is 40.2 Å². The number of nitrogens with zero attached hydrogens (tertiary/aromatic N) is 3.